The van der Waals surface area contributed by atoms with E-state index >= 15 is 0 Å². The van der Waals surface area contributed by atoms with E-state index in [1.54, 1.807) is 0 Å². The normalized spacial score (nSPS) is 25.9. The minimum atomic E-state index is 0.0896. The van der Waals surface area contributed by atoms with Crippen LogP contribution in [0.15, 0.2) is 30.3 Å². The van der Waals surface area contributed by atoms with Crippen molar-refractivity contribution in [3.63, 3.8) is 0 Å². The van der Waals surface area contributed by atoms with Crippen LogP contribution in [0, 0.1) is 5.92 Å². The molecule has 0 heterocycles. The van der Waals surface area contributed by atoms with Gasteiger partial charge in [-0.3, -0.25) is 0 Å². The van der Waals surface area contributed by atoms with Crippen LogP contribution in [-0.2, 0) is 0 Å². The van der Waals surface area contributed by atoms with Crippen molar-refractivity contribution in [3.8, 4) is 0 Å². The molecule has 3 atom stereocenters. The zero-order valence-electron chi connectivity index (χ0n) is 11.3. The predicted octanol–water partition coefficient (Wildman–Crippen LogP) is 3.28. The van der Waals surface area contributed by atoms with Crippen molar-refractivity contribution >= 4 is 0 Å². The van der Waals surface area contributed by atoms with Gasteiger partial charge in [0, 0.05) is 6.04 Å². The Morgan fingerprint density at radius 2 is 2.06 bits per heavy atom. The van der Waals surface area contributed by atoms with E-state index in [-0.39, 0.29) is 12.6 Å². The largest absolute Gasteiger partial charge is 0.394 e. The second kappa shape index (κ2) is 6.91. The number of hydrogen-bond acceptors (Lipinski definition) is 2. The Bertz CT molecular complexity index is 338. The van der Waals surface area contributed by atoms with Crippen LogP contribution >= 0.6 is 0 Å². The molecule has 2 unspecified atom stereocenters. The van der Waals surface area contributed by atoms with Crippen LogP contribution < -0.4 is 5.32 Å². The number of hydrogen-bond donors (Lipinski definition) is 2. The van der Waals surface area contributed by atoms with Crippen molar-refractivity contribution in [3.05, 3.63) is 35.9 Å². The van der Waals surface area contributed by atoms with Crippen LogP contribution in [0.5, 0.6) is 0 Å². The van der Waals surface area contributed by atoms with Gasteiger partial charge < -0.3 is 10.4 Å². The number of aliphatic hydroxyl groups excluding tert-OH is 1. The Labute approximate surface area is 110 Å². The summed E-state index contributed by atoms with van der Waals surface area (Å²) in [5.74, 6) is 0.867. The minimum Gasteiger partial charge on any atom is -0.394 e. The van der Waals surface area contributed by atoms with Crippen molar-refractivity contribution in [2.75, 3.05) is 6.61 Å². The van der Waals surface area contributed by atoms with E-state index in [4.69, 9.17) is 0 Å². The maximum Gasteiger partial charge on any atom is 0.0626 e. The zero-order chi connectivity index (χ0) is 12.8. The van der Waals surface area contributed by atoms with Crippen LogP contribution in [0.2, 0.25) is 0 Å². The summed E-state index contributed by atoms with van der Waals surface area (Å²) >= 11 is 0. The third kappa shape index (κ3) is 3.56. The molecule has 2 N–H and O–H groups in total. The smallest absolute Gasteiger partial charge is 0.0626 e. The third-order valence-corrected chi connectivity index (χ3v) is 4.18. The number of aliphatic hydroxyl groups is 1. The number of nitrogens with one attached hydrogen (secondary N) is 1. The van der Waals surface area contributed by atoms with Gasteiger partial charge in [0.2, 0.25) is 0 Å². The molecule has 2 nitrogen and oxygen atoms in total. The molecular weight excluding hydrogens is 222 g/mol. The first kappa shape index (κ1) is 13.6. The lowest BCUT2D eigenvalue weighted by Gasteiger charge is -2.32. The fourth-order valence-electron chi connectivity index (χ4n) is 3.04. The van der Waals surface area contributed by atoms with Crippen molar-refractivity contribution in [1.29, 1.82) is 0 Å². The third-order valence-electron chi connectivity index (χ3n) is 4.18. The first-order chi connectivity index (χ1) is 8.83. The summed E-state index contributed by atoms with van der Waals surface area (Å²) in [6.07, 6.45) is 6.50. The van der Waals surface area contributed by atoms with E-state index in [2.05, 4.69) is 24.4 Å². The average Bonchev–Trinajstić information content (AvgIpc) is 2.46. The standard InChI is InChI=1S/C16H25NO/c1-2-13-7-6-10-15(11-13)17-16(12-18)14-8-4-3-5-9-14/h3-5,8-9,13,15-18H,2,6-7,10-12H2,1H3/t13?,15?,16-/m0/s1. The molecule has 1 aromatic carbocycles. The highest BCUT2D eigenvalue weighted by Gasteiger charge is 2.23. The van der Waals surface area contributed by atoms with Crippen molar-refractivity contribution in [1.82, 2.24) is 5.32 Å². The molecule has 1 fully saturated rings. The average molecular weight is 247 g/mol. The van der Waals surface area contributed by atoms with E-state index < -0.39 is 0 Å². The molecule has 1 aromatic rings. The zero-order valence-corrected chi connectivity index (χ0v) is 11.3. The molecule has 2 rings (SSSR count). The van der Waals surface area contributed by atoms with Crippen molar-refractivity contribution < 1.29 is 5.11 Å². The first-order valence-electron chi connectivity index (χ1n) is 7.25. The van der Waals surface area contributed by atoms with Gasteiger partial charge in [0.25, 0.3) is 0 Å². The van der Waals surface area contributed by atoms with Crippen LogP contribution in [-0.4, -0.2) is 17.8 Å². The monoisotopic (exact) mass is 247 g/mol. The number of benzene rings is 1. The van der Waals surface area contributed by atoms with Gasteiger partial charge in [-0.25, -0.2) is 0 Å². The highest BCUT2D eigenvalue weighted by molar-refractivity contribution is 5.19. The summed E-state index contributed by atoms with van der Waals surface area (Å²) in [7, 11) is 0. The lowest BCUT2D eigenvalue weighted by atomic mass is 9.84. The first-order valence-corrected chi connectivity index (χ1v) is 7.25. The van der Waals surface area contributed by atoms with Gasteiger partial charge in [-0.2, -0.15) is 0 Å². The van der Waals surface area contributed by atoms with E-state index in [0.29, 0.717) is 6.04 Å². The molecule has 0 spiro atoms. The lowest BCUT2D eigenvalue weighted by molar-refractivity contribution is 0.203. The fourth-order valence-corrected chi connectivity index (χ4v) is 3.04. The Kier molecular flexibility index (Phi) is 5.21. The van der Waals surface area contributed by atoms with Crippen LogP contribution in [0.4, 0.5) is 0 Å². The maximum atomic E-state index is 9.57. The Morgan fingerprint density at radius 1 is 1.28 bits per heavy atom. The highest BCUT2D eigenvalue weighted by atomic mass is 16.3. The van der Waals surface area contributed by atoms with Crippen LogP contribution in [0.3, 0.4) is 0 Å². The Morgan fingerprint density at radius 3 is 2.72 bits per heavy atom. The van der Waals surface area contributed by atoms with Crippen molar-refractivity contribution in [2.24, 2.45) is 5.92 Å². The fraction of sp³-hybridized carbons (Fsp3) is 0.625. The van der Waals surface area contributed by atoms with E-state index in [9.17, 15) is 5.11 Å². The van der Waals surface area contributed by atoms with Crippen LogP contribution in [0.1, 0.15) is 50.6 Å². The lowest BCUT2D eigenvalue weighted by Crippen LogP contribution is -2.38. The van der Waals surface area contributed by atoms with Crippen LogP contribution in [0.25, 0.3) is 0 Å². The molecule has 1 aliphatic carbocycles. The molecular formula is C16H25NO. The molecule has 0 aromatic heterocycles. The minimum absolute atomic E-state index is 0.0896. The summed E-state index contributed by atoms with van der Waals surface area (Å²) in [4.78, 5) is 0. The summed E-state index contributed by atoms with van der Waals surface area (Å²) < 4.78 is 0. The molecule has 0 bridgehead atoms. The van der Waals surface area contributed by atoms with Crippen molar-refractivity contribution in [2.45, 2.75) is 51.1 Å². The molecule has 1 aliphatic rings. The topological polar surface area (TPSA) is 32.3 Å². The molecule has 0 saturated heterocycles. The molecule has 0 amide bonds. The van der Waals surface area contributed by atoms with E-state index in [1.807, 2.05) is 18.2 Å². The number of rotatable bonds is 5. The molecule has 0 aliphatic heterocycles. The summed E-state index contributed by atoms with van der Waals surface area (Å²) in [5.41, 5.74) is 1.19. The molecule has 18 heavy (non-hydrogen) atoms. The Hall–Kier alpha value is -0.860. The van der Waals surface area contributed by atoms with Gasteiger partial charge in [0.1, 0.15) is 0 Å². The summed E-state index contributed by atoms with van der Waals surface area (Å²) in [6, 6.07) is 10.9. The van der Waals surface area contributed by atoms with E-state index in [0.717, 1.165) is 5.92 Å². The highest BCUT2D eigenvalue weighted by Crippen LogP contribution is 2.28. The molecule has 2 heteroatoms. The molecule has 0 radical (unpaired) electrons. The van der Waals surface area contributed by atoms with Gasteiger partial charge in [-0.05, 0) is 24.3 Å². The second-order valence-electron chi connectivity index (χ2n) is 5.45. The molecule has 100 valence electrons. The molecule has 1 saturated carbocycles. The summed E-state index contributed by atoms with van der Waals surface area (Å²) in [6.45, 7) is 2.46. The van der Waals surface area contributed by atoms with Gasteiger partial charge in [-0.15, -0.1) is 0 Å². The second-order valence-corrected chi connectivity index (χ2v) is 5.45. The predicted molar refractivity (Wildman–Crippen MR) is 75.4 cm³/mol. The SMILES string of the molecule is CCC1CCCC(N[C@@H](CO)c2ccccc2)C1. The maximum absolute atomic E-state index is 9.57. The van der Waals surface area contributed by atoms with Gasteiger partial charge >= 0.3 is 0 Å². The van der Waals surface area contributed by atoms with Gasteiger partial charge in [0.15, 0.2) is 0 Å². The van der Waals surface area contributed by atoms with Gasteiger partial charge in [-0.1, -0.05) is 56.5 Å². The van der Waals surface area contributed by atoms with E-state index in [1.165, 1.54) is 37.7 Å². The quantitative estimate of drug-likeness (QED) is 0.837. The summed E-state index contributed by atoms with van der Waals surface area (Å²) in [5, 5.41) is 13.2. The Balaban J connectivity index is 1.94. The van der Waals surface area contributed by atoms with Gasteiger partial charge in [0.05, 0.1) is 12.6 Å².